The molecule has 55 heavy (non-hydrogen) atoms. The van der Waals surface area contributed by atoms with Gasteiger partial charge in [0.15, 0.2) is 0 Å². The van der Waals surface area contributed by atoms with Gasteiger partial charge in [-0.2, -0.15) is 0 Å². The number of hydrogen-bond donors (Lipinski definition) is 4. The van der Waals surface area contributed by atoms with Gasteiger partial charge in [0.05, 0.1) is 10.7 Å². The van der Waals surface area contributed by atoms with Gasteiger partial charge in [0.1, 0.15) is 22.6 Å². The maximum atomic E-state index is 11.6. The SMILES string of the molecule is CCCCN(CCCC)c1ccc(Cc2ccc(N(C)C)c(Cl)c2)cc1.O=C(O)c1cc2ccccc2c(Cc2c(O)c(C(=O)O)cc3ccccc23)c1O. The Morgan fingerprint density at radius 3 is 1.53 bits per heavy atom. The van der Waals surface area contributed by atoms with Crippen molar-refractivity contribution < 1.29 is 30.0 Å². The molecule has 0 unspecified atom stereocenters. The van der Waals surface area contributed by atoms with E-state index in [0.29, 0.717) is 32.7 Å². The average molecular weight is 761 g/mol. The van der Waals surface area contributed by atoms with Gasteiger partial charge >= 0.3 is 11.9 Å². The van der Waals surface area contributed by atoms with Crippen LogP contribution in [0.4, 0.5) is 11.4 Å². The third-order valence-electron chi connectivity index (χ3n) is 9.83. The summed E-state index contributed by atoms with van der Waals surface area (Å²) < 4.78 is 0. The molecular formula is C46H49ClN2O6. The van der Waals surface area contributed by atoms with E-state index in [1.54, 1.807) is 48.5 Å². The van der Waals surface area contributed by atoms with E-state index < -0.39 is 23.4 Å². The molecule has 6 rings (SSSR count). The lowest BCUT2D eigenvalue weighted by atomic mass is 9.90. The maximum absolute atomic E-state index is 11.6. The predicted molar refractivity (Wildman–Crippen MR) is 225 cm³/mol. The van der Waals surface area contributed by atoms with E-state index in [9.17, 15) is 30.0 Å². The fourth-order valence-electron chi connectivity index (χ4n) is 6.84. The monoisotopic (exact) mass is 760 g/mol. The first-order valence-corrected chi connectivity index (χ1v) is 19.0. The second kappa shape index (κ2) is 18.5. The summed E-state index contributed by atoms with van der Waals surface area (Å²) in [7, 11) is 4.03. The number of halogens is 1. The van der Waals surface area contributed by atoms with Gasteiger partial charge in [-0.15, -0.1) is 0 Å². The van der Waals surface area contributed by atoms with Crippen LogP contribution in [0.2, 0.25) is 5.02 Å². The molecule has 286 valence electrons. The number of nitrogens with zero attached hydrogens (tertiary/aromatic N) is 2. The van der Waals surface area contributed by atoms with Gasteiger partial charge in [0.25, 0.3) is 0 Å². The van der Waals surface area contributed by atoms with Gasteiger partial charge in [0, 0.05) is 50.4 Å². The molecule has 0 atom stereocenters. The molecule has 0 saturated carbocycles. The summed E-state index contributed by atoms with van der Waals surface area (Å²) >= 11 is 6.41. The Labute approximate surface area is 327 Å². The number of hydrogen-bond acceptors (Lipinski definition) is 6. The second-order valence-corrected chi connectivity index (χ2v) is 14.4. The van der Waals surface area contributed by atoms with Crippen LogP contribution < -0.4 is 9.80 Å². The Morgan fingerprint density at radius 1 is 0.618 bits per heavy atom. The number of phenols is 2. The molecule has 0 spiro atoms. The highest BCUT2D eigenvalue weighted by molar-refractivity contribution is 6.33. The summed E-state index contributed by atoms with van der Waals surface area (Å²) in [5, 5.41) is 43.6. The van der Waals surface area contributed by atoms with Gasteiger partial charge in [0.2, 0.25) is 0 Å². The van der Waals surface area contributed by atoms with Crippen LogP contribution in [-0.2, 0) is 12.8 Å². The Balaban J connectivity index is 0.000000213. The standard InChI is InChI=1S/C23H33ClN2.C23H16O6/c1-5-7-15-26(16-8-6-2)21-12-9-19(10-13-21)17-20-11-14-23(25(3)4)22(24)18-20;24-20-16(14-7-3-1-5-12(14)9-18(20)22(26)27)11-17-15-8-4-2-6-13(15)10-19(21(17)25)23(28)29/h9-14,18H,5-8,15-17H2,1-4H3;1-10,24-25H,11H2,(H,26,27)(H,28,29). The van der Waals surface area contributed by atoms with Crippen molar-refractivity contribution in [2.45, 2.75) is 52.4 Å². The summed E-state index contributed by atoms with van der Waals surface area (Å²) in [5.41, 5.74) is 5.10. The molecule has 0 aliphatic heterocycles. The van der Waals surface area contributed by atoms with Crippen LogP contribution >= 0.6 is 11.6 Å². The summed E-state index contributed by atoms with van der Waals surface area (Å²) in [6.07, 6.45) is 5.86. The molecule has 0 aliphatic carbocycles. The van der Waals surface area contributed by atoms with Crippen LogP contribution in [0, 0.1) is 0 Å². The van der Waals surface area contributed by atoms with Crippen molar-refractivity contribution in [3.05, 3.63) is 142 Å². The molecule has 6 aromatic carbocycles. The van der Waals surface area contributed by atoms with Crippen LogP contribution in [0.5, 0.6) is 11.5 Å². The average Bonchev–Trinajstić information content (AvgIpc) is 3.17. The molecule has 4 N–H and O–H groups in total. The van der Waals surface area contributed by atoms with E-state index in [4.69, 9.17) is 11.6 Å². The third kappa shape index (κ3) is 9.69. The number of carboxylic acids is 2. The van der Waals surface area contributed by atoms with Gasteiger partial charge in [-0.05, 0) is 88.3 Å². The Morgan fingerprint density at radius 2 is 1.09 bits per heavy atom. The molecule has 0 heterocycles. The zero-order chi connectivity index (χ0) is 39.6. The number of aromatic hydroxyl groups is 2. The number of rotatable bonds is 14. The topological polar surface area (TPSA) is 122 Å². The van der Waals surface area contributed by atoms with E-state index >= 15 is 0 Å². The molecule has 9 heteroatoms. The Bertz CT molecular complexity index is 2180. The van der Waals surface area contributed by atoms with E-state index in [0.717, 1.165) is 30.2 Å². The number of benzene rings is 6. The number of fused-ring (bicyclic) bond motifs is 2. The predicted octanol–water partition coefficient (Wildman–Crippen LogP) is 10.8. The van der Waals surface area contributed by atoms with Crippen molar-refractivity contribution in [3.63, 3.8) is 0 Å². The van der Waals surface area contributed by atoms with Gasteiger partial charge in [-0.1, -0.05) is 105 Å². The van der Waals surface area contributed by atoms with Crippen molar-refractivity contribution in [2.75, 3.05) is 37.0 Å². The first-order chi connectivity index (χ1) is 26.4. The van der Waals surface area contributed by atoms with E-state index in [1.807, 2.05) is 19.0 Å². The molecular weight excluding hydrogens is 712 g/mol. The van der Waals surface area contributed by atoms with E-state index in [2.05, 4.69) is 61.2 Å². The minimum absolute atomic E-state index is 0.0407. The number of carbonyl (C=O) groups is 2. The first-order valence-electron chi connectivity index (χ1n) is 18.7. The maximum Gasteiger partial charge on any atom is 0.339 e. The van der Waals surface area contributed by atoms with Crippen LogP contribution in [0.15, 0.2) is 103 Å². The molecule has 0 saturated heterocycles. The summed E-state index contributed by atoms with van der Waals surface area (Å²) in [5.74, 6) is -3.36. The zero-order valence-electron chi connectivity index (χ0n) is 31.8. The largest absolute Gasteiger partial charge is 0.507 e. The lowest BCUT2D eigenvalue weighted by Gasteiger charge is -2.25. The molecule has 0 bridgehead atoms. The summed E-state index contributed by atoms with van der Waals surface area (Å²) in [6, 6.07) is 32.2. The van der Waals surface area contributed by atoms with Crippen LogP contribution in [0.3, 0.4) is 0 Å². The van der Waals surface area contributed by atoms with Gasteiger partial charge < -0.3 is 30.2 Å². The van der Waals surface area contributed by atoms with Crippen molar-refractivity contribution in [1.82, 2.24) is 0 Å². The van der Waals surface area contributed by atoms with Crippen molar-refractivity contribution in [2.24, 2.45) is 0 Å². The summed E-state index contributed by atoms with van der Waals surface area (Å²) in [6.45, 7) is 6.82. The van der Waals surface area contributed by atoms with Crippen LogP contribution in [-0.4, -0.2) is 59.5 Å². The lowest BCUT2D eigenvalue weighted by Crippen LogP contribution is -2.25. The van der Waals surface area contributed by atoms with Crippen molar-refractivity contribution >= 4 is 56.5 Å². The number of aromatic carboxylic acids is 2. The highest BCUT2D eigenvalue weighted by Crippen LogP contribution is 2.39. The molecule has 0 aromatic heterocycles. The lowest BCUT2D eigenvalue weighted by molar-refractivity contribution is 0.0682. The normalized spacial score (nSPS) is 10.9. The molecule has 0 radical (unpaired) electrons. The Hall–Kier alpha value is -5.73. The first kappa shape index (κ1) is 40.5. The fourth-order valence-corrected chi connectivity index (χ4v) is 7.21. The fraction of sp³-hybridized carbons (Fsp3) is 0.261. The highest BCUT2D eigenvalue weighted by Gasteiger charge is 2.22. The zero-order valence-corrected chi connectivity index (χ0v) is 32.6. The van der Waals surface area contributed by atoms with E-state index in [1.165, 1.54) is 54.6 Å². The quantitative estimate of drug-likeness (QED) is 0.0866. The molecule has 0 amide bonds. The molecule has 0 aliphatic rings. The Kier molecular flexibility index (Phi) is 13.6. The number of anilines is 2. The second-order valence-electron chi connectivity index (χ2n) is 13.9. The van der Waals surface area contributed by atoms with Gasteiger partial charge in [-0.3, -0.25) is 0 Å². The minimum atomic E-state index is -1.28. The molecule has 6 aromatic rings. The summed E-state index contributed by atoms with van der Waals surface area (Å²) in [4.78, 5) is 27.8. The minimum Gasteiger partial charge on any atom is -0.507 e. The molecule has 0 fully saturated rings. The van der Waals surface area contributed by atoms with E-state index in [-0.39, 0.29) is 17.5 Å². The van der Waals surface area contributed by atoms with Crippen molar-refractivity contribution in [3.8, 4) is 11.5 Å². The van der Waals surface area contributed by atoms with Crippen LogP contribution in [0.1, 0.15) is 82.5 Å². The highest BCUT2D eigenvalue weighted by atomic mass is 35.5. The molecule has 8 nitrogen and oxygen atoms in total. The number of unbranched alkanes of at least 4 members (excludes halogenated alkanes) is 2. The smallest absolute Gasteiger partial charge is 0.339 e. The third-order valence-corrected chi connectivity index (χ3v) is 10.1. The van der Waals surface area contributed by atoms with Crippen LogP contribution in [0.25, 0.3) is 21.5 Å². The van der Waals surface area contributed by atoms with Gasteiger partial charge in [-0.25, -0.2) is 9.59 Å². The van der Waals surface area contributed by atoms with Crippen molar-refractivity contribution in [1.29, 1.82) is 0 Å². The number of carboxylic acid groups (broad SMARTS) is 2.